The van der Waals surface area contributed by atoms with Gasteiger partial charge in [-0.05, 0) is 37.6 Å². The van der Waals surface area contributed by atoms with Crippen molar-refractivity contribution >= 4 is 5.69 Å². The highest BCUT2D eigenvalue weighted by Gasteiger charge is 1.99. The van der Waals surface area contributed by atoms with Crippen molar-refractivity contribution in [3.8, 4) is 5.75 Å². The van der Waals surface area contributed by atoms with Crippen LogP contribution in [0.3, 0.4) is 0 Å². The Labute approximate surface area is 85.3 Å². The molecule has 0 unspecified atom stereocenters. The Bertz CT molecular complexity index is 287. The predicted octanol–water partition coefficient (Wildman–Crippen LogP) is 1.76. The number of ether oxygens (including phenoxy) is 1. The fourth-order valence-corrected chi connectivity index (χ4v) is 1.29. The van der Waals surface area contributed by atoms with Crippen LogP contribution in [0.5, 0.6) is 5.75 Å². The smallest absolute Gasteiger partial charge is 0.122 e. The third-order valence-corrected chi connectivity index (χ3v) is 1.95. The second-order valence-corrected chi connectivity index (χ2v) is 3.13. The zero-order valence-electron chi connectivity index (χ0n) is 8.84. The molecule has 0 fully saturated rings. The van der Waals surface area contributed by atoms with E-state index in [0.717, 1.165) is 23.5 Å². The van der Waals surface area contributed by atoms with Gasteiger partial charge >= 0.3 is 0 Å². The second kappa shape index (κ2) is 5.50. The average Bonchev–Trinajstić information content (AvgIpc) is 2.19. The first-order valence-electron chi connectivity index (χ1n) is 4.95. The highest BCUT2D eigenvalue weighted by Crippen LogP contribution is 2.21. The lowest BCUT2D eigenvalue weighted by Gasteiger charge is -2.10. The number of anilines is 1. The lowest BCUT2D eigenvalue weighted by Crippen LogP contribution is -2.13. The van der Waals surface area contributed by atoms with Crippen molar-refractivity contribution in [1.82, 2.24) is 0 Å². The number of nitrogens with two attached hydrogens (primary N) is 1. The maximum absolute atomic E-state index is 5.44. The summed E-state index contributed by atoms with van der Waals surface area (Å²) < 4.78 is 5.44. The lowest BCUT2D eigenvalue weighted by molar-refractivity contribution is 0.338. The molecular formula is C11H18N2O. The first kappa shape index (κ1) is 10.9. The summed E-state index contributed by atoms with van der Waals surface area (Å²) in [6.07, 6.45) is 0. The van der Waals surface area contributed by atoms with Gasteiger partial charge in [0.1, 0.15) is 5.75 Å². The molecule has 0 radical (unpaired) electrons. The van der Waals surface area contributed by atoms with Gasteiger partial charge in [0.2, 0.25) is 0 Å². The Morgan fingerprint density at radius 2 is 2.21 bits per heavy atom. The molecule has 1 rings (SSSR count). The molecule has 0 bridgehead atoms. The molecule has 3 heteroatoms. The number of hydrogen-bond donors (Lipinski definition) is 2. The van der Waals surface area contributed by atoms with E-state index in [9.17, 15) is 0 Å². The standard InChI is InChI=1S/C11H18N2O/c1-3-14-11-5-4-10(8-9(11)2)13-7-6-12/h4-5,8,13H,3,6-7,12H2,1-2H3. The van der Waals surface area contributed by atoms with Crippen LogP contribution in [-0.2, 0) is 0 Å². The average molecular weight is 194 g/mol. The van der Waals surface area contributed by atoms with Crippen LogP contribution < -0.4 is 15.8 Å². The Balaban J connectivity index is 2.68. The molecule has 0 aliphatic heterocycles. The zero-order valence-corrected chi connectivity index (χ0v) is 8.84. The topological polar surface area (TPSA) is 47.3 Å². The Kier molecular flexibility index (Phi) is 4.26. The van der Waals surface area contributed by atoms with Crippen LogP contribution in [0.4, 0.5) is 5.69 Å². The molecule has 0 aliphatic rings. The molecule has 1 aromatic rings. The summed E-state index contributed by atoms with van der Waals surface area (Å²) >= 11 is 0. The first-order valence-corrected chi connectivity index (χ1v) is 4.95. The zero-order chi connectivity index (χ0) is 10.4. The third kappa shape index (κ3) is 2.92. The molecule has 0 aromatic heterocycles. The monoisotopic (exact) mass is 194 g/mol. The molecule has 0 aliphatic carbocycles. The Morgan fingerprint density at radius 1 is 1.43 bits per heavy atom. The van der Waals surface area contributed by atoms with Gasteiger partial charge in [0, 0.05) is 18.8 Å². The summed E-state index contributed by atoms with van der Waals surface area (Å²) in [5.74, 6) is 0.950. The third-order valence-electron chi connectivity index (χ3n) is 1.95. The SMILES string of the molecule is CCOc1ccc(NCCN)cc1C. The highest BCUT2D eigenvalue weighted by atomic mass is 16.5. The van der Waals surface area contributed by atoms with Gasteiger partial charge in [-0.2, -0.15) is 0 Å². The minimum absolute atomic E-state index is 0.645. The highest BCUT2D eigenvalue weighted by molar-refractivity contribution is 5.50. The van der Waals surface area contributed by atoms with Crippen molar-refractivity contribution in [3.63, 3.8) is 0 Å². The molecule has 1 aromatic carbocycles. The van der Waals surface area contributed by atoms with E-state index in [1.54, 1.807) is 0 Å². The minimum Gasteiger partial charge on any atom is -0.494 e. The molecule has 78 valence electrons. The van der Waals surface area contributed by atoms with Crippen molar-refractivity contribution in [2.45, 2.75) is 13.8 Å². The van der Waals surface area contributed by atoms with Gasteiger partial charge in [-0.15, -0.1) is 0 Å². The number of hydrogen-bond acceptors (Lipinski definition) is 3. The van der Waals surface area contributed by atoms with Crippen LogP contribution in [0.15, 0.2) is 18.2 Å². The van der Waals surface area contributed by atoms with E-state index in [2.05, 4.69) is 11.4 Å². The van der Waals surface area contributed by atoms with Crippen LogP contribution in [0, 0.1) is 6.92 Å². The van der Waals surface area contributed by atoms with Gasteiger partial charge in [0.25, 0.3) is 0 Å². The molecule has 0 amide bonds. The largest absolute Gasteiger partial charge is 0.494 e. The predicted molar refractivity (Wildman–Crippen MR) is 59.9 cm³/mol. The van der Waals surface area contributed by atoms with E-state index in [1.165, 1.54) is 0 Å². The summed E-state index contributed by atoms with van der Waals surface area (Å²) in [5, 5.41) is 3.22. The number of rotatable bonds is 5. The summed E-state index contributed by atoms with van der Waals surface area (Å²) in [6, 6.07) is 6.06. The van der Waals surface area contributed by atoms with Crippen molar-refractivity contribution in [3.05, 3.63) is 23.8 Å². The number of nitrogens with one attached hydrogen (secondary N) is 1. The summed E-state index contributed by atoms with van der Waals surface area (Å²) in [4.78, 5) is 0. The molecule has 0 heterocycles. The van der Waals surface area contributed by atoms with Crippen LogP contribution >= 0.6 is 0 Å². The lowest BCUT2D eigenvalue weighted by atomic mass is 10.2. The fourth-order valence-electron chi connectivity index (χ4n) is 1.29. The molecule has 0 atom stereocenters. The van der Waals surface area contributed by atoms with E-state index < -0.39 is 0 Å². The van der Waals surface area contributed by atoms with Crippen LogP contribution in [-0.4, -0.2) is 19.7 Å². The van der Waals surface area contributed by atoms with Gasteiger partial charge < -0.3 is 15.8 Å². The minimum atomic E-state index is 0.645. The Hall–Kier alpha value is -1.22. The van der Waals surface area contributed by atoms with E-state index in [1.807, 2.05) is 26.0 Å². The van der Waals surface area contributed by atoms with Crippen molar-refractivity contribution in [1.29, 1.82) is 0 Å². The van der Waals surface area contributed by atoms with Crippen LogP contribution in [0.25, 0.3) is 0 Å². The van der Waals surface area contributed by atoms with Gasteiger partial charge in [0.05, 0.1) is 6.61 Å². The van der Waals surface area contributed by atoms with Gasteiger partial charge in [-0.3, -0.25) is 0 Å². The van der Waals surface area contributed by atoms with Crippen molar-refractivity contribution in [2.75, 3.05) is 25.0 Å². The van der Waals surface area contributed by atoms with Crippen LogP contribution in [0.2, 0.25) is 0 Å². The maximum Gasteiger partial charge on any atom is 0.122 e. The van der Waals surface area contributed by atoms with E-state index >= 15 is 0 Å². The van der Waals surface area contributed by atoms with E-state index in [4.69, 9.17) is 10.5 Å². The van der Waals surface area contributed by atoms with Gasteiger partial charge in [0.15, 0.2) is 0 Å². The second-order valence-electron chi connectivity index (χ2n) is 3.13. The van der Waals surface area contributed by atoms with Crippen molar-refractivity contribution in [2.24, 2.45) is 5.73 Å². The summed E-state index contributed by atoms with van der Waals surface area (Å²) in [6.45, 7) is 6.18. The van der Waals surface area contributed by atoms with Crippen molar-refractivity contribution < 1.29 is 4.74 Å². The van der Waals surface area contributed by atoms with E-state index in [-0.39, 0.29) is 0 Å². The molecule has 3 N–H and O–H groups in total. The summed E-state index contributed by atoms with van der Waals surface area (Å²) in [5.41, 5.74) is 7.65. The Morgan fingerprint density at radius 3 is 2.79 bits per heavy atom. The van der Waals surface area contributed by atoms with Gasteiger partial charge in [-0.25, -0.2) is 0 Å². The molecule has 14 heavy (non-hydrogen) atoms. The first-order chi connectivity index (χ1) is 6.77. The molecule has 0 saturated carbocycles. The number of aryl methyl sites for hydroxylation is 1. The number of benzene rings is 1. The molecule has 3 nitrogen and oxygen atoms in total. The maximum atomic E-state index is 5.44. The quantitative estimate of drug-likeness (QED) is 0.751. The normalized spacial score (nSPS) is 9.93. The van der Waals surface area contributed by atoms with E-state index in [0.29, 0.717) is 13.2 Å². The van der Waals surface area contributed by atoms with Gasteiger partial charge in [-0.1, -0.05) is 0 Å². The van der Waals surface area contributed by atoms with Crippen LogP contribution in [0.1, 0.15) is 12.5 Å². The fraction of sp³-hybridized carbons (Fsp3) is 0.455. The summed E-state index contributed by atoms with van der Waals surface area (Å²) in [7, 11) is 0. The molecular weight excluding hydrogens is 176 g/mol. The molecule has 0 saturated heterocycles. The molecule has 0 spiro atoms.